The molecule has 2 aromatic carbocycles. The van der Waals surface area contributed by atoms with Crippen LogP contribution in [0.4, 0.5) is 4.39 Å². The summed E-state index contributed by atoms with van der Waals surface area (Å²) in [5.41, 5.74) is 0.824. The number of benzene rings is 2. The van der Waals surface area contributed by atoms with Gasteiger partial charge in [0.25, 0.3) is 5.91 Å². The lowest BCUT2D eigenvalue weighted by Gasteiger charge is -2.31. The smallest absolute Gasteiger partial charge is 0.265 e. The van der Waals surface area contributed by atoms with Crippen molar-refractivity contribution in [1.29, 1.82) is 0 Å². The Morgan fingerprint density at radius 2 is 1.70 bits per heavy atom. The number of ether oxygens (including phenoxy) is 2. The third-order valence-electron chi connectivity index (χ3n) is 3.83. The highest BCUT2D eigenvalue weighted by molar-refractivity contribution is 5.82. The van der Waals surface area contributed by atoms with Crippen LogP contribution in [0.1, 0.15) is 25.5 Å². The van der Waals surface area contributed by atoms with Gasteiger partial charge in [-0.25, -0.2) is 4.39 Å². The van der Waals surface area contributed by atoms with E-state index < -0.39 is 12.2 Å². The number of rotatable bonds is 3. The molecule has 1 aliphatic rings. The summed E-state index contributed by atoms with van der Waals surface area (Å²) in [6.45, 7) is 3.64. The van der Waals surface area contributed by atoms with Gasteiger partial charge in [0, 0.05) is 0 Å². The summed E-state index contributed by atoms with van der Waals surface area (Å²) in [6, 6.07) is 13.0. The highest BCUT2D eigenvalue weighted by atomic mass is 19.1. The molecule has 3 atom stereocenters. The number of halogens is 1. The highest BCUT2D eigenvalue weighted by Gasteiger charge is 2.34. The van der Waals surface area contributed by atoms with Crippen LogP contribution in [0.2, 0.25) is 0 Å². The first-order chi connectivity index (χ1) is 11.0. The van der Waals surface area contributed by atoms with Crippen molar-refractivity contribution in [1.82, 2.24) is 5.32 Å². The Kier molecular flexibility index (Phi) is 4.19. The van der Waals surface area contributed by atoms with Crippen LogP contribution in [0.3, 0.4) is 0 Å². The van der Waals surface area contributed by atoms with E-state index in [9.17, 15) is 9.18 Å². The molecule has 2 aromatic rings. The predicted octanol–water partition coefficient (Wildman–Crippen LogP) is 3.23. The molecule has 1 heterocycles. The van der Waals surface area contributed by atoms with Crippen LogP contribution in [0.15, 0.2) is 48.5 Å². The summed E-state index contributed by atoms with van der Waals surface area (Å²) in [5, 5.41) is 2.88. The van der Waals surface area contributed by atoms with Gasteiger partial charge in [-0.05, 0) is 43.7 Å². The molecular formula is C18H18FNO3. The topological polar surface area (TPSA) is 47.6 Å². The lowest BCUT2D eigenvalue weighted by atomic mass is 10.1. The number of para-hydroxylation sites is 2. The summed E-state index contributed by atoms with van der Waals surface area (Å²) in [7, 11) is 0. The lowest BCUT2D eigenvalue weighted by molar-refractivity contribution is -0.134. The molecule has 4 nitrogen and oxygen atoms in total. The molecule has 0 saturated carbocycles. The minimum absolute atomic E-state index is 0.254. The molecular weight excluding hydrogens is 297 g/mol. The first-order valence-electron chi connectivity index (χ1n) is 7.53. The summed E-state index contributed by atoms with van der Waals surface area (Å²) < 4.78 is 24.5. The summed E-state index contributed by atoms with van der Waals surface area (Å²) in [6.07, 6.45) is -1.13. The molecule has 3 rings (SSSR count). The van der Waals surface area contributed by atoms with Gasteiger partial charge in [-0.2, -0.15) is 0 Å². The maximum absolute atomic E-state index is 13.0. The van der Waals surface area contributed by atoms with Crippen LogP contribution in [0.5, 0.6) is 11.5 Å². The molecule has 5 heteroatoms. The minimum atomic E-state index is -0.729. The minimum Gasteiger partial charge on any atom is -0.482 e. The van der Waals surface area contributed by atoms with Crippen molar-refractivity contribution < 1.29 is 18.7 Å². The van der Waals surface area contributed by atoms with Crippen molar-refractivity contribution in [3.8, 4) is 11.5 Å². The quantitative estimate of drug-likeness (QED) is 0.946. The van der Waals surface area contributed by atoms with E-state index in [1.807, 2.05) is 19.1 Å². The van der Waals surface area contributed by atoms with E-state index in [4.69, 9.17) is 9.47 Å². The average Bonchev–Trinajstić information content (AvgIpc) is 2.54. The van der Waals surface area contributed by atoms with Crippen LogP contribution < -0.4 is 14.8 Å². The van der Waals surface area contributed by atoms with E-state index in [1.165, 1.54) is 12.1 Å². The Hall–Kier alpha value is -2.56. The predicted molar refractivity (Wildman–Crippen MR) is 83.9 cm³/mol. The second kappa shape index (κ2) is 6.28. The first kappa shape index (κ1) is 15.3. The van der Waals surface area contributed by atoms with Gasteiger partial charge in [-0.3, -0.25) is 4.79 Å². The van der Waals surface area contributed by atoms with Gasteiger partial charge in [-0.15, -0.1) is 0 Å². The van der Waals surface area contributed by atoms with E-state index in [1.54, 1.807) is 31.2 Å². The SMILES string of the molecule is CC1Oc2ccccc2OC1C(=O)N[C@H](C)c1ccc(F)cc1. The van der Waals surface area contributed by atoms with Gasteiger partial charge in [-0.1, -0.05) is 24.3 Å². The summed E-state index contributed by atoms with van der Waals surface area (Å²) >= 11 is 0. The number of hydrogen-bond donors (Lipinski definition) is 1. The van der Waals surface area contributed by atoms with Gasteiger partial charge in [0.05, 0.1) is 6.04 Å². The Morgan fingerprint density at radius 1 is 1.09 bits per heavy atom. The normalized spacial score (nSPS) is 20.7. The van der Waals surface area contributed by atoms with E-state index in [0.29, 0.717) is 11.5 Å². The van der Waals surface area contributed by atoms with E-state index in [-0.39, 0.29) is 17.8 Å². The van der Waals surface area contributed by atoms with Gasteiger partial charge in [0.2, 0.25) is 6.10 Å². The molecule has 23 heavy (non-hydrogen) atoms. The van der Waals surface area contributed by atoms with Crippen molar-refractivity contribution in [2.24, 2.45) is 0 Å². The zero-order valence-corrected chi connectivity index (χ0v) is 13.0. The average molecular weight is 315 g/mol. The van der Waals surface area contributed by atoms with Crippen LogP contribution in [0.25, 0.3) is 0 Å². The molecule has 120 valence electrons. The van der Waals surface area contributed by atoms with Gasteiger partial charge >= 0.3 is 0 Å². The van der Waals surface area contributed by atoms with E-state index in [0.717, 1.165) is 5.56 Å². The Balaban J connectivity index is 1.69. The largest absolute Gasteiger partial charge is 0.482 e. The van der Waals surface area contributed by atoms with Crippen LogP contribution >= 0.6 is 0 Å². The summed E-state index contributed by atoms with van der Waals surface area (Å²) in [5.74, 6) is 0.626. The second-order valence-electron chi connectivity index (χ2n) is 5.59. The zero-order valence-electron chi connectivity index (χ0n) is 13.0. The van der Waals surface area contributed by atoms with E-state index in [2.05, 4.69) is 5.32 Å². The molecule has 0 spiro atoms. The molecule has 1 amide bonds. The second-order valence-corrected chi connectivity index (χ2v) is 5.59. The Labute approximate surface area is 134 Å². The van der Waals surface area contributed by atoms with Crippen LogP contribution in [-0.4, -0.2) is 18.1 Å². The highest BCUT2D eigenvalue weighted by Crippen LogP contribution is 2.33. The summed E-state index contributed by atoms with van der Waals surface area (Å²) in [4.78, 5) is 12.5. The molecule has 0 bridgehead atoms. The molecule has 0 saturated heterocycles. The third-order valence-corrected chi connectivity index (χ3v) is 3.83. The molecule has 0 fully saturated rings. The van der Waals surface area contributed by atoms with Crippen molar-refractivity contribution >= 4 is 5.91 Å². The van der Waals surface area contributed by atoms with Crippen LogP contribution in [-0.2, 0) is 4.79 Å². The third kappa shape index (κ3) is 3.28. The fourth-order valence-electron chi connectivity index (χ4n) is 2.54. The molecule has 1 N–H and O–H groups in total. The number of nitrogens with one attached hydrogen (secondary N) is 1. The molecule has 0 aliphatic carbocycles. The molecule has 0 aromatic heterocycles. The number of carbonyl (C=O) groups is 1. The maximum atomic E-state index is 13.0. The Bertz CT molecular complexity index is 702. The van der Waals surface area contributed by atoms with Crippen molar-refractivity contribution in [2.45, 2.75) is 32.1 Å². The van der Waals surface area contributed by atoms with Crippen LogP contribution in [0, 0.1) is 5.82 Å². The van der Waals surface area contributed by atoms with Crippen molar-refractivity contribution in [3.05, 3.63) is 59.9 Å². The van der Waals surface area contributed by atoms with Crippen molar-refractivity contribution in [2.75, 3.05) is 0 Å². The van der Waals surface area contributed by atoms with Gasteiger partial charge < -0.3 is 14.8 Å². The fraction of sp³-hybridized carbons (Fsp3) is 0.278. The number of amides is 1. The first-order valence-corrected chi connectivity index (χ1v) is 7.53. The zero-order chi connectivity index (χ0) is 16.4. The standard InChI is InChI=1S/C18H18FNO3/c1-11(13-7-9-14(19)10-8-13)20-18(21)17-12(2)22-15-5-3-4-6-16(15)23-17/h3-12,17H,1-2H3,(H,20,21)/t11-,12?,17?/m1/s1. The Morgan fingerprint density at radius 3 is 2.35 bits per heavy atom. The monoisotopic (exact) mass is 315 g/mol. The molecule has 1 aliphatic heterocycles. The van der Waals surface area contributed by atoms with Gasteiger partial charge in [0.15, 0.2) is 11.5 Å². The number of carbonyl (C=O) groups excluding carboxylic acids is 1. The van der Waals surface area contributed by atoms with Gasteiger partial charge in [0.1, 0.15) is 11.9 Å². The molecule has 0 radical (unpaired) electrons. The van der Waals surface area contributed by atoms with E-state index >= 15 is 0 Å². The molecule has 2 unspecified atom stereocenters. The number of hydrogen-bond acceptors (Lipinski definition) is 3. The lowest BCUT2D eigenvalue weighted by Crippen LogP contribution is -2.49. The fourth-order valence-corrected chi connectivity index (χ4v) is 2.54. The maximum Gasteiger partial charge on any atom is 0.265 e. The van der Waals surface area contributed by atoms with Crippen molar-refractivity contribution in [3.63, 3.8) is 0 Å². The number of fused-ring (bicyclic) bond motifs is 1.